The lowest BCUT2D eigenvalue weighted by Crippen LogP contribution is -2.50. The maximum Gasteiger partial charge on any atom is 0.419 e. The third kappa shape index (κ3) is 2.44. The predicted molar refractivity (Wildman–Crippen MR) is 60.2 cm³/mol. The molecule has 6 N–H and O–H groups in total. The van der Waals surface area contributed by atoms with E-state index in [1.54, 1.807) is 0 Å². The molecule has 0 saturated carbocycles. The Labute approximate surface area is 109 Å². The van der Waals surface area contributed by atoms with Crippen molar-refractivity contribution < 1.29 is 17.6 Å². The summed E-state index contributed by atoms with van der Waals surface area (Å²) in [6, 6.07) is 1.47. The molecule has 19 heavy (non-hydrogen) atoms. The first kappa shape index (κ1) is 13.8. The van der Waals surface area contributed by atoms with Gasteiger partial charge >= 0.3 is 6.18 Å². The molecule has 0 radical (unpaired) electrons. The first-order valence-electron chi connectivity index (χ1n) is 4.87. The molecule has 0 bridgehead atoms. The number of alkyl halides is 3. The fourth-order valence-corrected chi connectivity index (χ4v) is 1.78. The van der Waals surface area contributed by atoms with Crippen LogP contribution in [0.1, 0.15) is 11.1 Å². The summed E-state index contributed by atoms with van der Waals surface area (Å²) in [7, 11) is 0. The van der Waals surface area contributed by atoms with Gasteiger partial charge in [-0.05, 0) is 12.1 Å². The zero-order valence-electron chi connectivity index (χ0n) is 9.15. The third-order valence-electron chi connectivity index (χ3n) is 2.45. The fraction of sp³-hybridized carbons (Fsp3) is 0.222. The lowest BCUT2D eigenvalue weighted by atomic mass is 10.0. The van der Waals surface area contributed by atoms with Crippen LogP contribution in [0, 0.1) is 5.82 Å². The second kappa shape index (κ2) is 4.22. The summed E-state index contributed by atoms with van der Waals surface area (Å²) >= 11 is 5.44. The van der Waals surface area contributed by atoms with Crippen molar-refractivity contribution in [2.24, 2.45) is 16.5 Å². The van der Waals surface area contributed by atoms with Gasteiger partial charge in [0.15, 0.2) is 5.82 Å². The third-order valence-corrected chi connectivity index (χ3v) is 2.73. The minimum atomic E-state index is -4.90. The molecule has 1 aliphatic rings. The highest BCUT2D eigenvalue weighted by Gasteiger charge is 2.39. The van der Waals surface area contributed by atoms with E-state index in [0.717, 1.165) is 6.07 Å². The van der Waals surface area contributed by atoms with E-state index in [1.807, 2.05) is 0 Å². The van der Waals surface area contributed by atoms with Crippen LogP contribution in [0.4, 0.5) is 17.6 Å². The summed E-state index contributed by atoms with van der Waals surface area (Å²) < 4.78 is 51.4. The molecule has 1 aliphatic heterocycles. The molecule has 1 atom stereocenters. The standard InChI is InChI=1S/C9H8ClF4N5/c10-5-2-3(9(16)17-7(15)18-19-9)1-4(6(5)11)8(12,13)14/h1-2,19H,16H2,(H3,15,17,18). The van der Waals surface area contributed by atoms with Crippen LogP contribution < -0.4 is 22.3 Å². The molecular weight excluding hydrogens is 290 g/mol. The Morgan fingerprint density at radius 3 is 2.42 bits per heavy atom. The summed E-state index contributed by atoms with van der Waals surface area (Å²) in [5.74, 6) is -3.43. The minimum absolute atomic E-state index is 0.114. The number of halogens is 5. The molecule has 0 aliphatic carbocycles. The molecular formula is C9H8ClF4N5. The van der Waals surface area contributed by atoms with Crippen LogP contribution in [-0.2, 0) is 12.0 Å². The molecule has 0 amide bonds. The fourth-order valence-electron chi connectivity index (χ4n) is 1.56. The van der Waals surface area contributed by atoms with Gasteiger partial charge in [-0.25, -0.2) is 9.38 Å². The van der Waals surface area contributed by atoms with E-state index >= 15 is 0 Å². The molecule has 0 fully saturated rings. The highest BCUT2D eigenvalue weighted by Crippen LogP contribution is 2.36. The van der Waals surface area contributed by atoms with Gasteiger partial charge in [0.1, 0.15) is 0 Å². The minimum Gasteiger partial charge on any atom is -0.369 e. The molecule has 1 unspecified atom stereocenters. The highest BCUT2D eigenvalue weighted by molar-refractivity contribution is 6.30. The van der Waals surface area contributed by atoms with Crippen molar-refractivity contribution in [3.8, 4) is 0 Å². The maximum absolute atomic E-state index is 13.4. The molecule has 2 rings (SSSR count). The average Bonchev–Trinajstić information content (AvgIpc) is 2.62. The number of aliphatic imine (C=N–C) groups is 1. The molecule has 1 heterocycles. The highest BCUT2D eigenvalue weighted by atomic mass is 35.5. The van der Waals surface area contributed by atoms with Gasteiger partial charge in [0.05, 0.1) is 10.6 Å². The monoisotopic (exact) mass is 297 g/mol. The second-order valence-electron chi connectivity index (χ2n) is 3.83. The number of nitrogens with two attached hydrogens (primary N) is 2. The van der Waals surface area contributed by atoms with Crippen molar-refractivity contribution in [3.05, 3.63) is 34.1 Å². The number of hydrogen-bond acceptors (Lipinski definition) is 5. The summed E-state index contributed by atoms with van der Waals surface area (Å²) in [6.45, 7) is 0. The SMILES string of the molecule is NC1=NC(N)(c2cc(Cl)c(F)c(C(F)(F)F)c2)NN1. The van der Waals surface area contributed by atoms with Gasteiger partial charge in [-0.15, -0.1) is 0 Å². The Hall–Kier alpha value is -1.58. The van der Waals surface area contributed by atoms with Crippen LogP contribution >= 0.6 is 11.6 Å². The number of hydrogen-bond donors (Lipinski definition) is 4. The number of nitrogens with one attached hydrogen (secondary N) is 2. The van der Waals surface area contributed by atoms with Crippen molar-refractivity contribution in [2.75, 3.05) is 0 Å². The number of hydrazine groups is 1. The van der Waals surface area contributed by atoms with Crippen LogP contribution in [0.3, 0.4) is 0 Å². The molecule has 5 nitrogen and oxygen atoms in total. The van der Waals surface area contributed by atoms with E-state index in [2.05, 4.69) is 15.8 Å². The van der Waals surface area contributed by atoms with Gasteiger partial charge in [-0.2, -0.15) is 18.6 Å². The normalized spacial score (nSPS) is 23.2. The van der Waals surface area contributed by atoms with Crippen LogP contribution in [0.5, 0.6) is 0 Å². The zero-order chi connectivity index (χ0) is 14.4. The molecule has 104 valence electrons. The smallest absolute Gasteiger partial charge is 0.369 e. The Bertz CT molecular complexity index is 558. The van der Waals surface area contributed by atoms with E-state index in [1.165, 1.54) is 0 Å². The van der Waals surface area contributed by atoms with Crippen molar-refractivity contribution in [1.29, 1.82) is 0 Å². The quantitative estimate of drug-likeness (QED) is 0.582. The Balaban J connectivity index is 2.58. The summed E-state index contributed by atoms with van der Waals surface area (Å²) in [5.41, 5.74) is 14.0. The molecule has 1 aromatic carbocycles. The molecule has 0 aromatic heterocycles. The zero-order valence-corrected chi connectivity index (χ0v) is 9.90. The van der Waals surface area contributed by atoms with E-state index in [9.17, 15) is 17.6 Å². The van der Waals surface area contributed by atoms with Gasteiger partial charge in [-0.3, -0.25) is 11.2 Å². The van der Waals surface area contributed by atoms with Gasteiger partial charge < -0.3 is 5.73 Å². The number of rotatable bonds is 1. The Kier molecular flexibility index (Phi) is 3.07. The first-order valence-corrected chi connectivity index (χ1v) is 5.25. The average molecular weight is 298 g/mol. The summed E-state index contributed by atoms with van der Waals surface area (Å²) in [6.07, 6.45) is -4.90. The number of nitrogens with zero attached hydrogens (tertiary/aromatic N) is 1. The first-order chi connectivity index (χ1) is 8.63. The van der Waals surface area contributed by atoms with E-state index in [0.29, 0.717) is 6.07 Å². The van der Waals surface area contributed by atoms with Gasteiger partial charge in [0.2, 0.25) is 11.7 Å². The topological polar surface area (TPSA) is 88.5 Å². The van der Waals surface area contributed by atoms with Crippen molar-refractivity contribution in [3.63, 3.8) is 0 Å². The van der Waals surface area contributed by atoms with E-state index in [4.69, 9.17) is 23.1 Å². The number of benzene rings is 1. The largest absolute Gasteiger partial charge is 0.419 e. The van der Waals surface area contributed by atoms with Crippen LogP contribution in [0.15, 0.2) is 17.1 Å². The van der Waals surface area contributed by atoms with Crippen molar-refractivity contribution >= 4 is 17.6 Å². The van der Waals surface area contributed by atoms with Crippen molar-refractivity contribution in [2.45, 2.75) is 12.0 Å². The van der Waals surface area contributed by atoms with Crippen molar-refractivity contribution in [1.82, 2.24) is 10.9 Å². The summed E-state index contributed by atoms with van der Waals surface area (Å²) in [4.78, 5) is 3.69. The molecule has 0 saturated heterocycles. The van der Waals surface area contributed by atoms with E-state index in [-0.39, 0.29) is 11.5 Å². The van der Waals surface area contributed by atoms with Crippen LogP contribution in [0.2, 0.25) is 5.02 Å². The van der Waals surface area contributed by atoms with Crippen LogP contribution in [0.25, 0.3) is 0 Å². The maximum atomic E-state index is 13.4. The Morgan fingerprint density at radius 1 is 1.32 bits per heavy atom. The summed E-state index contributed by atoms with van der Waals surface area (Å²) in [5, 5.41) is -0.711. The van der Waals surface area contributed by atoms with Gasteiger partial charge in [-0.1, -0.05) is 11.6 Å². The van der Waals surface area contributed by atoms with E-state index < -0.39 is 28.4 Å². The Morgan fingerprint density at radius 2 is 1.95 bits per heavy atom. The lowest BCUT2D eigenvalue weighted by Gasteiger charge is -2.22. The second-order valence-corrected chi connectivity index (χ2v) is 4.24. The molecule has 10 heteroatoms. The predicted octanol–water partition coefficient (Wildman–Crippen LogP) is 0.989. The lowest BCUT2D eigenvalue weighted by molar-refractivity contribution is -0.140. The van der Waals surface area contributed by atoms with Crippen LogP contribution in [-0.4, -0.2) is 5.96 Å². The number of guanidine groups is 1. The molecule has 0 spiro atoms. The van der Waals surface area contributed by atoms with Gasteiger partial charge in [0.25, 0.3) is 0 Å². The molecule has 1 aromatic rings. The van der Waals surface area contributed by atoms with Gasteiger partial charge in [0, 0.05) is 5.56 Å².